The van der Waals surface area contributed by atoms with E-state index in [0.29, 0.717) is 22.4 Å². The van der Waals surface area contributed by atoms with Crippen LogP contribution in [0.2, 0.25) is 0 Å². The molecule has 3 rings (SSSR count). The van der Waals surface area contributed by atoms with Crippen molar-refractivity contribution in [2.75, 3.05) is 11.2 Å². The Balaban J connectivity index is 1.54. The molecule has 0 aliphatic rings. The Hall–Kier alpha value is -3.53. The molecule has 0 radical (unpaired) electrons. The highest BCUT2D eigenvalue weighted by Crippen LogP contribution is 2.22. The zero-order valence-electron chi connectivity index (χ0n) is 17.5. The molecule has 1 unspecified atom stereocenters. The summed E-state index contributed by atoms with van der Waals surface area (Å²) in [5, 5.41) is 12.7. The molecule has 0 bridgehead atoms. The van der Waals surface area contributed by atoms with E-state index in [4.69, 9.17) is 10.6 Å². The number of aryl methyl sites for hydroxylation is 2. The van der Waals surface area contributed by atoms with Gasteiger partial charge in [-0.25, -0.2) is 9.47 Å². The third-order valence-corrected chi connectivity index (χ3v) is 5.27. The van der Waals surface area contributed by atoms with E-state index in [0.717, 1.165) is 22.9 Å². The minimum atomic E-state index is -0.624. The SMILES string of the molecule is Cc1cc(C)cc(OCc2nnc(SC(C)C(=O)NC(=O)Nc3ccccc3)n2N)c1. The zero-order chi connectivity index (χ0) is 22.4. The highest BCUT2D eigenvalue weighted by Gasteiger charge is 2.21. The lowest BCUT2D eigenvalue weighted by molar-refractivity contribution is -0.119. The number of hydrogen-bond donors (Lipinski definition) is 3. The number of benzene rings is 2. The molecule has 1 heterocycles. The fourth-order valence-corrected chi connectivity index (χ4v) is 3.55. The highest BCUT2D eigenvalue weighted by atomic mass is 32.2. The molecule has 10 heteroatoms. The smallest absolute Gasteiger partial charge is 0.325 e. The van der Waals surface area contributed by atoms with Crippen molar-refractivity contribution in [1.29, 1.82) is 0 Å². The third kappa shape index (κ3) is 6.22. The van der Waals surface area contributed by atoms with Crippen LogP contribution in [0.5, 0.6) is 5.75 Å². The summed E-state index contributed by atoms with van der Waals surface area (Å²) in [7, 11) is 0. The molecular formula is C21H24N6O3S. The van der Waals surface area contributed by atoms with E-state index in [1.54, 1.807) is 31.2 Å². The van der Waals surface area contributed by atoms with Gasteiger partial charge in [0, 0.05) is 5.69 Å². The van der Waals surface area contributed by atoms with Crippen LogP contribution in [0.15, 0.2) is 53.7 Å². The average Bonchev–Trinajstić information content (AvgIpc) is 3.05. The number of nitrogen functional groups attached to an aromatic ring is 1. The number of thioether (sulfide) groups is 1. The number of urea groups is 1. The number of carbonyl (C=O) groups is 2. The van der Waals surface area contributed by atoms with Gasteiger partial charge < -0.3 is 15.9 Å². The Morgan fingerprint density at radius 3 is 2.48 bits per heavy atom. The molecule has 0 aliphatic carbocycles. The quantitative estimate of drug-likeness (QED) is 0.381. The second-order valence-corrected chi connectivity index (χ2v) is 8.26. The molecule has 2 aromatic carbocycles. The third-order valence-electron chi connectivity index (χ3n) is 4.22. The first-order chi connectivity index (χ1) is 14.8. The predicted octanol–water partition coefficient (Wildman–Crippen LogP) is 3.02. The van der Waals surface area contributed by atoms with Crippen LogP contribution in [0.4, 0.5) is 10.5 Å². The van der Waals surface area contributed by atoms with Crippen LogP contribution in [-0.2, 0) is 11.4 Å². The summed E-state index contributed by atoms with van der Waals surface area (Å²) in [4.78, 5) is 24.3. The second-order valence-electron chi connectivity index (χ2n) is 6.95. The summed E-state index contributed by atoms with van der Waals surface area (Å²) in [6.07, 6.45) is 0. The maximum absolute atomic E-state index is 12.3. The van der Waals surface area contributed by atoms with Crippen LogP contribution in [0.1, 0.15) is 23.9 Å². The highest BCUT2D eigenvalue weighted by molar-refractivity contribution is 8.00. The Morgan fingerprint density at radius 1 is 1.13 bits per heavy atom. The first kappa shape index (κ1) is 22.2. The molecule has 0 spiro atoms. The summed E-state index contributed by atoms with van der Waals surface area (Å²) in [6.45, 7) is 5.77. The molecule has 3 aromatic rings. The molecule has 4 N–H and O–H groups in total. The van der Waals surface area contributed by atoms with Gasteiger partial charge in [-0.15, -0.1) is 10.2 Å². The van der Waals surface area contributed by atoms with Gasteiger partial charge in [-0.1, -0.05) is 36.0 Å². The second kappa shape index (κ2) is 9.98. The van der Waals surface area contributed by atoms with Gasteiger partial charge in [0.05, 0.1) is 5.25 Å². The molecule has 9 nitrogen and oxygen atoms in total. The molecule has 1 atom stereocenters. The van der Waals surface area contributed by atoms with Crippen LogP contribution in [0.3, 0.4) is 0 Å². The number of carbonyl (C=O) groups excluding carboxylic acids is 2. The summed E-state index contributed by atoms with van der Waals surface area (Å²) >= 11 is 1.09. The summed E-state index contributed by atoms with van der Waals surface area (Å²) in [5.41, 5.74) is 2.77. The molecule has 0 fully saturated rings. The molecule has 0 aliphatic heterocycles. The minimum absolute atomic E-state index is 0.132. The molecule has 162 valence electrons. The van der Waals surface area contributed by atoms with Crippen molar-refractivity contribution >= 4 is 29.4 Å². The van der Waals surface area contributed by atoms with Gasteiger partial charge >= 0.3 is 6.03 Å². The average molecular weight is 441 g/mol. The molecule has 0 saturated carbocycles. The van der Waals surface area contributed by atoms with E-state index in [1.807, 2.05) is 32.0 Å². The van der Waals surface area contributed by atoms with Crippen molar-refractivity contribution < 1.29 is 14.3 Å². The number of nitrogens with one attached hydrogen (secondary N) is 2. The van der Waals surface area contributed by atoms with E-state index in [9.17, 15) is 9.59 Å². The first-order valence-corrected chi connectivity index (χ1v) is 10.4. The van der Waals surface area contributed by atoms with Crippen molar-refractivity contribution in [3.63, 3.8) is 0 Å². The van der Waals surface area contributed by atoms with E-state index < -0.39 is 17.2 Å². The maximum Gasteiger partial charge on any atom is 0.325 e. The number of imide groups is 1. The molecule has 3 amide bonds. The van der Waals surface area contributed by atoms with Gasteiger partial charge in [0.1, 0.15) is 12.4 Å². The minimum Gasteiger partial charge on any atom is -0.486 e. The van der Waals surface area contributed by atoms with Gasteiger partial charge in [0.25, 0.3) is 0 Å². The van der Waals surface area contributed by atoms with Gasteiger partial charge in [0.2, 0.25) is 11.1 Å². The lowest BCUT2D eigenvalue weighted by Crippen LogP contribution is -2.39. The van der Waals surface area contributed by atoms with Crippen molar-refractivity contribution in [2.45, 2.75) is 37.8 Å². The van der Waals surface area contributed by atoms with Crippen molar-refractivity contribution in [2.24, 2.45) is 0 Å². The standard InChI is InChI=1S/C21H24N6O3S/c1-13-9-14(2)11-17(10-13)30-12-18-25-26-21(27(18)22)31-15(3)19(28)24-20(29)23-16-7-5-4-6-8-16/h4-11,15H,12,22H2,1-3H3,(H2,23,24,28,29). The van der Waals surface area contributed by atoms with E-state index in [1.165, 1.54) is 4.68 Å². The maximum atomic E-state index is 12.3. The summed E-state index contributed by atoms with van der Waals surface area (Å²) in [5.74, 6) is 6.71. The van der Waals surface area contributed by atoms with Gasteiger partial charge in [-0.05, 0) is 56.2 Å². The fraction of sp³-hybridized carbons (Fsp3) is 0.238. The topological polar surface area (TPSA) is 124 Å². The van der Waals surface area contributed by atoms with Crippen molar-refractivity contribution in [3.8, 4) is 5.75 Å². The van der Waals surface area contributed by atoms with Crippen molar-refractivity contribution in [1.82, 2.24) is 20.2 Å². The Labute approximate surface area is 184 Å². The number of rotatable bonds is 7. The van der Waals surface area contributed by atoms with Crippen LogP contribution in [-0.4, -0.2) is 32.1 Å². The number of para-hydroxylation sites is 1. The van der Waals surface area contributed by atoms with Crippen LogP contribution in [0.25, 0.3) is 0 Å². The zero-order valence-corrected chi connectivity index (χ0v) is 18.3. The van der Waals surface area contributed by atoms with E-state index in [2.05, 4.69) is 26.9 Å². The van der Waals surface area contributed by atoms with E-state index in [-0.39, 0.29) is 6.61 Å². The van der Waals surface area contributed by atoms with Crippen LogP contribution in [0, 0.1) is 13.8 Å². The summed E-state index contributed by atoms with van der Waals surface area (Å²) < 4.78 is 7.04. The molecular weight excluding hydrogens is 416 g/mol. The lowest BCUT2D eigenvalue weighted by Gasteiger charge is -2.12. The van der Waals surface area contributed by atoms with Crippen LogP contribution >= 0.6 is 11.8 Å². The molecule has 31 heavy (non-hydrogen) atoms. The van der Waals surface area contributed by atoms with Gasteiger partial charge in [-0.3, -0.25) is 10.1 Å². The lowest BCUT2D eigenvalue weighted by atomic mass is 10.1. The molecule has 1 aromatic heterocycles. The number of nitrogens with zero attached hydrogens (tertiary/aromatic N) is 3. The first-order valence-electron chi connectivity index (χ1n) is 9.56. The van der Waals surface area contributed by atoms with Crippen LogP contribution < -0.4 is 21.2 Å². The fourth-order valence-electron chi connectivity index (χ4n) is 2.76. The largest absolute Gasteiger partial charge is 0.486 e. The Morgan fingerprint density at radius 2 is 1.81 bits per heavy atom. The number of amides is 3. The Bertz CT molecular complexity index is 1050. The monoisotopic (exact) mass is 440 g/mol. The summed E-state index contributed by atoms with van der Waals surface area (Å²) in [6, 6.07) is 14.1. The van der Waals surface area contributed by atoms with Gasteiger partial charge in [-0.2, -0.15) is 0 Å². The van der Waals surface area contributed by atoms with Gasteiger partial charge in [0.15, 0.2) is 5.82 Å². The van der Waals surface area contributed by atoms with Crippen molar-refractivity contribution in [3.05, 3.63) is 65.5 Å². The number of nitrogens with two attached hydrogens (primary N) is 1. The Kier molecular flexibility index (Phi) is 7.14. The number of hydrogen-bond acceptors (Lipinski definition) is 7. The molecule has 0 saturated heterocycles. The number of aromatic nitrogens is 3. The number of anilines is 1. The predicted molar refractivity (Wildman–Crippen MR) is 119 cm³/mol. The van der Waals surface area contributed by atoms with E-state index >= 15 is 0 Å². The normalized spacial score (nSPS) is 11.6. The number of ether oxygens (including phenoxy) is 1.